The van der Waals surface area contributed by atoms with Crippen molar-refractivity contribution in [1.29, 1.82) is 0 Å². The highest BCUT2D eigenvalue weighted by Crippen LogP contribution is 2.11. The standard InChI is InChI=1S/C20H30N2O6/c23-18(21-17(20(26)22-27)13-14-19(24)25)12-8-3-1-2-4-9-15-28-16-10-6-5-7-11-16/h5-7,10-11,17,27H,1-4,8-9,12-15H2,(H,21,23)(H,22,26)(H,24,25)/t17-/m1/s1. The summed E-state index contributed by atoms with van der Waals surface area (Å²) in [6, 6.07) is 8.65. The lowest BCUT2D eigenvalue weighted by molar-refractivity contribution is -0.139. The van der Waals surface area contributed by atoms with E-state index >= 15 is 0 Å². The van der Waals surface area contributed by atoms with Gasteiger partial charge in [0.1, 0.15) is 11.8 Å². The van der Waals surface area contributed by atoms with Gasteiger partial charge in [-0.1, -0.05) is 43.9 Å². The maximum atomic E-state index is 11.9. The third-order valence-corrected chi connectivity index (χ3v) is 4.22. The fourth-order valence-corrected chi connectivity index (χ4v) is 2.68. The van der Waals surface area contributed by atoms with Crippen molar-refractivity contribution in [3.05, 3.63) is 30.3 Å². The van der Waals surface area contributed by atoms with E-state index in [9.17, 15) is 14.4 Å². The molecule has 0 heterocycles. The van der Waals surface area contributed by atoms with Gasteiger partial charge in [-0.3, -0.25) is 19.6 Å². The Hall–Kier alpha value is -2.61. The van der Waals surface area contributed by atoms with Gasteiger partial charge in [0, 0.05) is 12.8 Å². The molecule has 0 unspecified atom stereocenters. The molecule has 1 aromatic carbocycles. The molecule has 8 heteroatoms. The molecule has 0 spiro atoms. The van der Waals surface area contributed by atoms with E-state index in [1.54, 1.807) is 0 Å². The number of carbonyl (C=O) groups excluding carboxylic acids is 2. The minimum atomic E-state index is -1.07. The van der Waals surface area contributed by atoms with E-state index < -0.39 is 17.9 Å². The van der Waals surface area contributed by atoms with Gasteiger partial charge in [0.25, 0.3) is 5.91 Å². The Kier molecular flexibility index (Phi) is 12.1. The number of carbonyl (C=O) groups is 3. The van der Waals surface area contributed by atoms with Crippen molar-refractivity contribution in [2.24, 2.45) is 0 Å². The fourth-order valence-electron chi connectivity index (χ4n) is 2.68. The van der Waals surface area contributed by atoms with Gasteiger partial charge in [0.05, 0.1) is 6.61 Å². The first-order valence-electron chi connectivity index (χ1n) is 9.66. The number of hydrogen-bond acceptors (Lipinski definition) is 5. The monoisotopic (exact) mass is 394 g/mol. The van der Waals surface area contributed by atoms with Crippen LogP contribution in [0.1, 0.15) is 57.8 Å². The summed E-state index contributed by atoms with van der Waals surface area (Å²) in [5, 5.41) is 19.8. The number of hydroxylamine groups is 1. The van der Waals surface area contributed by atoms with E-state index in [2.05, 4.69) is 5.32 Å². The van der Waals surface area contributed by atoms with Crippen molar-refractivity contribution >= 4 is 17.8 Å². The van der Waals surface area contributed by atoms with E-state index in [0.717, 1.165) is 37.9 Å². The van der Waals surface area contributed by atoms with E-state index in [1.165, 1.54) is 5.48 Å². The van der Waals surface area contributed by atoms with Gasteiger partial charge in [0.15, 0.2) is 0 Å². The normalized spacial score (nSPS) is 11.5. The SMILES string of the molecule is O=C(O)CC[C@@H](NC(=O)CCCCCCCCOc1ccccc1)C(=O)NO. The summed E-state index contributed by atoms with van der Waals surface area (Å²) in [6.45, 7) is 0.692. The number of rotatable bonds is 15. The highest BCUT2D eigenvalue weighted by atomic mass is 16.5. The number of unbranched alkanes of at least 4 members (excludes halogenated alkanes) is 5. The van der Waals surface area contributed by atoms with Gasteiger partial charge in [-0.25, -0.2) is 5.48 Å². The first-order valence-corrected chi connectivity index (χ1v) is 9.66. The molecule has 0 radical (unpaired) electrons. The van der Waals surface area contributed by atoms with Gasteiger partial charge in [-0.05, 0) is 31.4 Å². The zero-order chi connectivity index (χ0) is 20.6. The molecule has 2 amide bonds. The van der Waals surface area contributed by atoms with Crippen LogP contribution in [0.15, 0.2) is 30.3 Å². The van der Waals surface area contributed by atoms with Crippen LogP contribution < -0.4 is 15.5 Å². The molecule has 0 saturated carbocycles. The Bertz CT molecular complexity index is 594. The Labute approximate surface area is 165 Å². The average Bonchev–Trinajstić information content (AvgIpc) is 2.69. The van der Waals surface area contributed by atoms with Crippen LogP contribution in [0.25, 0.3) is 0 Å². The van der Waals surface area contributed by atoms with E-state index in [4.69, 9.17) is 15.1 Å². The van der Waals surface area contributed by atoms with Crippen LogP contribution in [0.3, 0.4) is 0 Å². The number of amides is 2. The Balaban J connectivity index is 2.05. The summed E-state index contributed by atoms with van der Waals surface area (Å²) in [7, 11) is 0. The molecular formula is C20H30N2O6. The Morgan fingerprint density at radius 3 is 2.21 bits per heavy atom. The summed E-state index contributed by atoms with van der Waals surface area (Å²) in [4.78, 5) is 34.0. The van der Waals surface area contributed by atoms with Crippen LogP contribution in [0.2, 0.25) is 0 Å². The number of nitrogens with one attached hydrogen (secondary N) is 2. The number of carboxylic acid groups (broad SMARTS) is 1. The van der Waals surface area contributed by atoms with Crippen molar-refractivity contribution in [3.8, 4) is 5.75 Å². The summed E-state index contributed by atoms with van der Waals surface area (Å²) >= 11 is 0. The summed E-state index contributed by atoms with van der Waals surface area (Å²) < 4.78 is 5.63. The smallest absolute Gasteiger partial charge is 0.303 e. The average molecular weight is 394 g/mol. The van der Waals surface area contributed by atoms with Crippen molar-refractivity contribution in [1.82, 2.24) is 10.8 Å². The van der Waals surface area contributed by atoms with Crippen LogP contribution in [0.5, 0.6) is 5.75 Å². The maximum absolute atomic E-state index is 11.9. The second kappa shape index (κ2) is 14.4. The second-order valence-electron chi connectivity index (χ2n) is 6.56. The third kappa shape index (κ3) is 11.2. The topological polar surface area (TPSA) is 125 Å². The van der Waals surface area contributed by atoms with E-state index in [0.29, 0.717) is 13.0 Å². The lowest BCUT2D eigenvalue weighted by Crippen LogP contribution is -2.46. The highest BCUT2D eigenvalue weighted by Gasteiger charge is 2.21. The first kappa shape index (κ1) is 23.4. The molecule has 0 aliphatic heterocycles. The first-order chi connectivity index (χ1) is 13.5. The van der Waals surface area contributed by atoms with Gasteiger partial charge < -0.3 is 15.2 Å². The predicted octanol–water partition coefficient (Wildman–Crippen LogP) is 2.65. The number of hydrogen-bond donors (Lipinski definition) is 4. The summed E-state index contributed by atoms with van der Waals surface area (Å²) in [6.07, 6.45) is 5.64. The van der Waals surface area contributed by atoms with Crippen LogP contribution >= 0.6 is 0 Å². The number of aliphatic carboxylic acids is 1. The molecule has 0 fully saturated rings. The van der Waals surface area contributed by atoms with Crippen molar-refractivity contribution < 1.29 is 29.4 Å². The second-order valence-corrected chi connectivity index (χ2v) is 6.56. The fraction of sp³-hybridized carbons (Fsp3) is 0.550. The molecule has 0 aliphatic carbocycles. The minimum absolute atomic E-state index is 0.0709. The summed E-state index contributed by atoms with van der Waals surface area (Å²) in [5.41, 5.74) is 1.45. The lowest BCUT2D eigenvalue weighted by atomic mass is 10.1. The highest BCUT2D eigenvalue weighted by molar-refractivity contribution is 5.87. The van der Waals surface area contributed by atoms with Gasteiger partial charge in [-0.2, -0.15) is 0 Å². The van der Waals surface area contributed by atoms with Crippen molar-refractivity contribution in [3.63, 3.8) is 0 Å². The molecule has 8 nitrogen and oxygen atoms in total. The molecule has 0 saturated heterocycles. The molecule has 0 aromatic heterocycles. The minimum Gasteiger partial charge on any atom is -0.494 e. The maximum Gasteiger partial charge on any atom is 0.303 e. The number of ether oxygens (including phenoxy) is 1. The van der Waals surface area contributed by atoms with Crippen LogP contribution in [-0.4, -0.2) is 40.7 Å². The van der Waals surface area contributed by atoms with Crippen molar-refractivity contribution in [2.75, 3.05) is 6.61 Å². The quantitative estimate of drug-likeness (QED) is 0.206. The summed E-state index contributed by atoms with van der Waals surface area (Å²) in [5.74, 6) is -1.33. The number of carboxylic acids is 1. The van der Waals surface area contributed by atoms with Gasteiger partial charge >= 0.3 is 5.97 Å². The van der Waals surface area contributed by atoms with E-state index in [1.807, 2.05) is 30.3 Å². The molecule has 0 aliphatic rings. The third-order valence-electron chi connectivity index (χ3n) is 4.22. The Morgan fingerprint density at radius 2 is 1.57 bits per heavy atom. The number of benzene rings is 1. The van der Waals surface area contributed by atoms with Crippen LogP contribution in [0.4, 0.5) is 0 Å². The molecule has 156 valence electrons. The molecule has 1 rings (SSSR count). The van der Waals surface area contributed by atoms with Crippen LogP contribution in [0, 0.1) is 0 Å². The molecule has 28 heavy (non-hydrogen) atoms. The number of para-hydroxylation sites is 1. The molecule has 1 aromatic rings. The predicted molar refractivity (Wildman–Crippen MR) is 103 cm³/mol. The Morgan fingerprint density at radius 1 is 0.929 bits per heavy atom. The zero-order valence-corrected chi connectivity index (χ0v) is 16.1. The molecule has 4 N–H and O–H groups in total. The zero-order valence-electron chi connectivity index (χ0n) is 16.1. The molecule has 1 atom stereocenters. The van der Waals surface area contributed by atoms with Gasteiger partial charge in [-0.15, -0.1) is 0 Å². The molecular weight excluding hydrogens is 364 g/mol. The van der Waals surface area contributed by atoms with Crippen molar-refractivity contribution in [2.45, 2.75) is 63.8 Å². The van der Waals surface area contributed by atoms with E-state index in [-0.39, 0.29) is 25.2 Å². The largest absolute Gasteiger partial charge is 0.494 e. The molecule has 0 bridgehead atoms. The van der Waals surface area contributed by atoms with Gasteiger partial charge in [0.2, 0.25) is 5.91 Å². The lowest BCUT2D eigenvalue weighted by Gasteiger charge is -2.15. The van der Waals surface area contributed by atoms with Crippen LogP contribution in [-0.2, 0) is 14.4 Å².